The lowest BCUT2D eigenvalue weighted by Gasteiger charge is -2.00. The fourth-order valence-corrected chi connectivity index (χ4v) is 1.17. The fourth-order valence-electron chi connectivity index (χ4n) is 0.603. The summed E-state index contributed by atoms with van der Waals surface area (Å²) in [5, 5.41) is 11.0. The summed E-state index contributed by atoms with van der Waals surface area (Å²) in [6.07, 6.45) is 0.375. The van der Waals surface area contributed by atoms with Crippen LogP contribution in [-0.2, 0) is 0 Å². The van der Waals surface area contributed by atoms with Crippen LogP contribution in [0.15, 0.2) is 11.4 Å². The Hall–Kier alpha value is -0.410. The van der Waals surface area contributed by atoms with Gasteiger partial charge in [-0.1, -0.05) is 6.92 Å². The van der Waals surface area contributed by atoms with Gasteiger partial charge in [0.1, 0.15) is 0 Å². The second-order valence-corrected chi connectivity index (χ2v) is 2.51. The van der Waals surface area contributed by atoms with Crippen molar-refractivity contribution in [2.45, 2.75) is 19.4 Å². The maximum atomic E-state index is 9.16. The predicted octanol–water partition coefficient (Wildman–Crippen LogP) is 1.59. The van der Waals surface area contributed by atoms with E-state index in [1.54, 1.807) is 0 Å². The standard InChI is InChI=1S/C6H9NOS/c1-2-6(8)5-3-4-9-7-5/h3-4,6,8H,2H2,1H3. The molecule has 0 spiro atoms. The van der Waals surface area contributed by atoms with Crippen molar-refractivity contribution in [2.24, 2.45) is 0 Å². The van der Waals surface area contributed by atoms with Gasteiger partial charge in [0, 0.05) is 5.38 Å². The highest BCUT2D eigenvalue weighted by molar-refractivity contribution is 7.03. The van der Waals surface area contributed by atoms with Gasteiger partial charge in [-0.15, -0.1) is 0 Å². The molecule has 0 aliphatic carbocycles. The van der Waals surface area contributed by atoms with Crippen LogP contribution in [0.5, 0.6) is 0 Å². The van der Waals surface area contributed by atoms with Crippen LogP contribution >= 0.6 is 11.5 Å². The molecule has 9 heavy (non-hydrogen) atoms. The van der Waals surface area contributed by atoms with Gasteiger partial charge in [0.25, 0.3) is 0 Å². The van der Waals surface area contributed by atoms with Crippen LogP contribution < -0.4 is 0 Å². The van der Waals surface area contributed by atoms with Gasteiger partial charge < -0.3 is 5.11 Å². The molecule has 0 saturated carbocycles. The molecule has 1 aromatic heterocycles. The summed E-state index contributed by atoms with van der Waals surface area (Å²) >= 11 is 1.37. The van der Waals surface area contributed by atoms with E-state index in [2.05, 4.69) is 4.37 Å². The van der Waals surface area contributed by atoms with Gasteiger partial charge in [0.05, 0.1) is 11.8 Å². The van der Waals surface area contributed by atoms with Crippen molar-refractivity contribution in [2.75, 3.05) is 0 Å². The maximum absolute atomic E-state index is 9.16. The van der Waals surface area contributed by atoms with Gasteiger partial charge in [-0.2, -0.15) is 4.37 Å². The Morgan fingerprint density at radius 2 is 2.67 bits per heavy atom. The van der Waals surface area contributed by atoms with E-state index in [0.29, 0.717) is 0 Å². The number of hydrogen-bond donors (Lipinski definition) is 1. The zero-order chi connectivity index (χ0) is 6.69. The molecule has 1 atom stereocenters. The first-order chi connectivity index (χ1) is 4.34. The molecule has 0 aliphatic heterocycles. The summed E-state index contributed by atoms with van der Waals surface area (Å²) in [6.45, 7) is 1.93. The first-order valence-electron chi connectivity index (χ1n) is 2.93. The highest BCUT2D eigenvalue weighted by Crippen LogP contribution is 2.14. The molecule has 3 heteroatoms. The highest BCUT2D eigenvalue weighted by Gasteiger charge is 2.04. The Morgan fingerprint density at radius 1 is 1.89 bits per heavy atom. The fraction of sp³-hybridized carbons (Fsp3) is 0.500. The van der Waals surface area contributed by atoms with Crippen LogP contribution in [0.2, 0.25) is 0 Å². The minimum Gasteiger partial charge on any atom is -0.387 e. The van der Waals surface area contributed by atoms with Crippen molar-refractivity contribution in [1.82, 2.24) is 4.37 Å². The minimum atomic E-state index is -0.365. The average Bonchev–Trinajstić information content (AvgIpc) is 2.37. The van der Waals surface area contributed by atoms with E-state index in [-0.39, 0.29) is 6.10 Å². The molecule has 0 saturated heterocycles. The molecule has 0 aromatic carbocycles. The zero-order valence-corrected chi connectivity index (χ0v) is 6.06. The molecule has 50 valence electrons. The van der Waals surface area contributed by atoms with E-state index in [1.165, 1.54) is 11.5 Å². The Kier molecular flexibility index (Phi) is 2.19. The van der Waals surface area contributed by atoms with Gasteiger partial charge in [-0.25, -0.2) is 0 Å². The third kappa shape index (κ3) is 1.50. The summed E-state index contributed by atoms with van der Waals surface area (Å²) in [7, 11) is 0. The normalized spacial score (nSPS) is 13.6. The molecule has 0 amide bonds. The van der Waals surface area contributed by atoms with E-state index in [1.807, 2.05) is 18.4 Å². The smallest absolute Gasteiger partial charge is 0.0968 e. The molecule has 0 fully saturated rings. The summed E-state index contributed by atoms with van der Waals surface area (Å²) in [5.74, 6) is 0. The molecule has 2 nitrogen and oxygen atoms in total. The SMILES string of the molecule is CCC(O)c1ccsn1. The van der Waals surface area contributed by atoms with Gasteiger partial charge in [0.15, 0.2) is 0 Å². The lowest BCUT2D eigenvalue weighted by atomic mass is 10.2. The number of aliphatic hydroxyl groups excluding tert-OH is 1. The number of aliphatic hydroxyl groups is 1. The predicted molar refractivity (Wildman–Crippen MR) is 37.4 cm³/mol. The lowest BCUT2D eigenvalue weighted by molar-refractivity contribution is 0.170. The van der Waals surface area contributed by atoms with Crippen molar-refractivity contribution in [3.63, 3.8) is 0 Å². The van der Waals surface area contributed by atoms with Crippen LogP contribution in [0.25, 0.3) is 0 Å². The molecule has 1 heterocycles. The molecule has 0 bridgehead atoms. The van der Waals surface area contributed by atoms with Crippen LogP contribution in [0.1, 0.15) is 25.1 Å². The largest absolute Gasteiger partial charge is 0.387 e. The number of hydrogen-bond acceptors (Lipinski definition) is 3. The Bertz CT molecular complexity index is 162. The summed E-state index contributed by atoms with van der Waals surface area (Å²) in [6, 6.07) is 1.85. The average molecular weight is 143 g/mol. The molecule has 1 rings (SSSR count). The van der Waals surface area contributed by atoms with E-state index < -0.39 is 0 Å². The second-order valence-electron chi connectivity index (χ2n) is 1.85. The summed E-state index contributed by atoms with van der Waals surface area (Å²) < 4.78 is 3.98. The van der Waals surface area contributed by atoms with Crippen LogP contribution in [-0.4, -0.2) is 9.48 Å². The molecular weight excluding hydrogens is 134 g/mol. The number of nitrogens with zero attached hydrogens (tertiary/aromatic N) is 1. The third-order valence-electron chi connectivity index (χ3n) is 1.19. The zero-order valence-electron chi connectivity index (χ0n) is 5.24. The number of aromatic nitrogens is 1. The monoisotopic (exact) mass is 143 g/mol. The maximum Gasteiger partial charge on any atom is 0.0968 e. The van der Waals surface area contributed by atoms with Gasteiger partial charge in [-0.05, 0) is 24.0 Å². The molecule has 1 unspecified atom stereocenters. The van der Waals surface area contributed by atoms with Crippen molar-refractivity contribution < 1.29 is 5.11 Å². The van der Waals surface area contributed by atoms with E-state index >= 15 is 0 Å². The quantitative estimate of drug-likeness (QED) is 0.682. The van der Waals surface area contributed by atoms with Crippen molar-refractivity contribution in [1.29, 1.82) is 0 Å². The number of rotatable bonds is 2. The minimum absolute atomic E-state index is 0.365. The van der Waals surface area contributed by atoms with Gasteiger partial charge >= 0.3 is 0 Å². The molecule has 0 radical (unpaired) electrons. The Morgan fingerprint density at radius 3 is 3.11 bits per heavy atom. The van der Waals surface area contributed by atoms with E-state index in [4.69, 9.17) is 5.11 Å². The molecular formula is C6H9NOS. The molecule has 0 aliphatic rings. The third-order valence-corrected chi connectivity index (χ3v) is 1.76. The van der Waals surface area contributed by atoms with Crippen LogP contribution in [0.4, 0.5) is 0 Å². The summed E-state index contributed by atoms with van der Waals surface area (Å²) in [4.78, 5) is 0. The van der Waals surface area contributed by atoms with E-state index in [9.17, 15) is 0 Å². The van der Waals surface area contributed by atoms with Crippen molar-refractivity contribution in [3.8, 4) is 0 Å². The van der Waals surface area contributed by atoms with E-state index in [0.717, 1.165) is 12.1 Å². The topological polar surface area (TPSA) is 33.1 Å². The second kappa shape index (κ2) is 2.94. The van der Waals surface area contributed by atoms with Crippen molar-refractivity contribution >= 4 is 11.5 Å². The molecule has 1 N–H and O–H groups in total. The van der Waals surface area contributed by atoms with Gasteiger partial charge in [-0.3, -0.25) is 0 Å². The first kappa shape index (κ1) is 6.71. The first-order valence-corrected chi connectivity index (χ1v) is 3.76. The Balaban J connectivity index is 2.65. The Labute approximate surface area is 58.3 Å². The van der Waals surface area contributed by atoms with Gasteiger partial charge in [0.2, 0.25) is 0 Å². The van der Waals surface area contributed by atoms with Crippen LogP contribution in [0.3, 0.4) is 0 Å². The molecule has 1 aromatic rings. The highest BCUT2D eigenvalue weighted by atomic mass is 32.1. The van der Waals surface area contributed by atoms with Crippen LogP contribution in [0, 0.1) is 0 Å². The lowest BCUT2D eigenvalue weighted by Crippen LogP contribution is -1.93. The van der Waals surface area contributed by atoms with Crippen molar-refractivity contribution in [3.05, 3.63) is 17.1 Å². The summed E-state index contributed by atoms with van der Waals surface area (Å²) in [5.41, 5.74) is 0.794.